The van der Waals surface area contributed by atoms with E-state index in [1.165, 1.54) is 25.7 Å². The summed E-state index contributed by atoms with van der Waals surface area (Å²) in [5.74, 6) is 0. The summed E-state index contributed by atoms with van der Waals surface area (Å²) in [5, 5.41) is 7.25. The third kappa shape index (κ3) is 4.70. The van der Waals surface area contributed by atoms with Crippen molar-refractivity contribution in [2.45, 2.75) is 44.4 Å². The van der Waals surface area contributed by atoms with Crippen LogP contribution >= 0.6 is 0 Å². The molecule has 0 bridgehead atoms. The smallest absolute Gasteiger partial charge is 0.317 e. The van der Waals surface area contributed by atoms with Gasteiger partial charge in [-0.05, 0) is 26.0 Å². The Bertz CT molecular complexity index is 501. The van der Waals surface area contributed by atoms with E-state index in [4.69, 9.17) is 4.74 Å². The number of amides is 2. The zero-order valence-corrected chi connectivity index (χ0v) is 14.6. The highest BCUT2D eigenvalue weighted by atomic mass is 16.5. The van der Waals surface area contributed by atoms with Crippen molar-refractivity contribution in [3.63, 3.8) is 0 Å². The minimum absolute atomic E-state index is 0.00515. The van der Waals surface area contributed by atoms with E-state index in [1.807, 2.05) is 21.8 Å². The summed E-state index contributed by atoms with van der Waals surface area (Å²) in [6.07, 6.45) is 8.95. The average molecular weight is 335 g/mol. The number of ether oxygens (including phenoxy) is 1. The molecule has 0 radical (unpaired) electrons. The second-order valence-electron chi connectivity index (χ2n) is 6.82. The largest absolute Gasteiger partial charge is 0.373 e. The molecule has 0 aromatic carbocycles. The molecule has 1 aromatic rings. The topological polar surface area (TPSA) is 62.6 Å². The molecule has 1 unspecified atom stereocenters. The van der Waals surface area contributed by atoms with Gasteiger partial charge in [-0.2, -0.15) is 5.10 Å². The Morgan fingerprint density at radius 2 is 2.25 bits per heavy atom. The van der Waals surface area contributed by atoms with E-state index < -0.39 is 0 Å². The second-order valence-corrected chi connectivity index (χ2v) is 6.82. The average Bonchev–Trinajstić information content (AvgIpc) is 3.28. The molecule has 2 fully saturated rings. The fourth-order valence-corrected chi connectivity index (χ4v) is 3.61. The SMILES string of the molecule is CN(CCNC(=O)N1CCOC(Cn2cccn2)C1)C1CCCC1. The van der Waals surface area contributed by atoms with Gasteiger partial charge < -0.3 is 19.9 Å². The molecule has 24 heavy (non-hydrogen) atoms. The van der Waals surface area contributed by atoms with Gasteiger partial charge in [-0.25, -0.2) is 4.79 Å². The summed E-state index contributed by atoms with van der Waals surface area (Å²) in [6, 6.07) is 2.61. The van der Waals surface area contributed by atoms with Gasteiger partial charge in [0.25, 0.3) is 0 Å². The van der Waals surface area contributed by atoms with Crippen LogP contribution in [0, 0.1) is 0 Å². The Morgan fingerprint density at radius 3 is 3.00 bits per heavy atom. The Balaban J connectivity index is 1.37. The fraction of sp³-hybridized carbons (Fsp3) is 0.765. The number of urea groups is 1. The third-order valence-electron chi connectivity index (χ3n) is 5.06. The van der Waals surface area contributed by atoms with E-state index >= 15 is 0 Å². The van der Waals surface area contributed by atoms with E-state index in [2.05, 4.69) is 22.4 Å². The van der Waals surface area contributed by atoms with E-state index in [1.54, 1.807) is 6.20 Å². The monoisotopic (exact) mass is 335 g/mol. The third-order valence-corrected chi connectivity index (χ3v) is 5.06. The van der Waals surface area contributed by atoms with Crippen molar-refractivity contribution < 1.29 is 9.53 Å². The standard InChI is InChI=1S/C17H29N5O2/c1-20(15-5-2-3-6-15)10-8-18-17(23)21-11-12-24-16(13-21)14-22-9-4-7-19-22/h4,7,9,15-16H,2-3,5-6,8,10-14H2,1H3,(H,18,23). The maximum Gasteiger partial charge on any atom is 0.317 e. The molecule has 1 saturated heterocycles. The minimum atomic E-state index is 0.00515. The first-order valence-corrected chi connectivity index (χ1v) is 9.04. The van der Waals surface area contributed by atoms with Gasteiger partial charge in [-0.1, -0.05) is 12.8 Å². The highest BCUT2D eigenvalue weighted by Crippen LogP contribution is 2.21. The van der Waals surface area contributed by atoms with Crippen molar-refractivity contribution in [2.75, 3.05) is 39.8 Å². The molecule has 7 heteroatoms. The number of carbonyl (C=O) groups excluding carboxylic acids is 1. The van der Waals surface area contributed by atoms with Crippen LogP contribution < -0.4 is 5.32 Å². The molecule has 1 saturated carbocycles. The maximum atomic E-state index is 12.4. The van der Waals surface area contributed by atoms with Crippen molar-refractivity contribution in [1.82, 2.24) is 24.9 Å². The van der Waals surface area contributed by atoms with Crippen LogP contribution in [0.2, 0.25) is 0 Å². The molecule has 7 nitrogen and oxygen atoms in total. The minimum Gasteiger partial charge on any atom is -0.373 e. The fourth-order valence-electron chi connectivity index (χ4n) is 3.61. The highest BCUT2D eigenvalue weighted by molar-refractivity contribution is 5.74. The van der Waals surface area contributed by atoms with Gasteiger partial charge in [0.2, 0.25) is 0 Å². The number of likely N-dealkylation sites (N-methyl/N-ethyl adjacent to an activating group) is 1. The van der Waals surface area contributed by atoms with Crippen LogP contribution in [0.4, 0.5) is 4.79 Å². The summed E-state index contributed by atoms with van der Waals surface area (Å²) >= 11 is 0. The van der Waals surface area contributed by atoms with Gasteiger partial charge in [0.05, 0.1) is 25.8 Å². The van der Waals surface area contributed by atoms with E-state index in [-0.39, 0.29) is 12.1 Å². The molecule has 2 amide bonds. The number of rotatable bonds is 6. The first-order chi connectivity index (χ1) is 11.7. The van der Waals surface area contributed by atoms with Crippen LogP contribution in [0.5, 0.6) is 0 Å². The maximum absolute atomic E-state index is 12.4. The molecule has 134 valence electrons. The number of nitrogens with zero attached hydrogens (tertiary/aromatic N) is 4. The molecule has 1 aliphatic carbocycles. The quantitative estimate of drug-likeness (QED) is 0.848. The molecule has 1 aromatic heterocycles. The van der Waals surface area contributed by atoms with Gasteiger partial charge in [0.1, 0.15) is 0 Å². The predicted octanol–water partition coefficient (Wildman–Crippen LogP) is 1.17. The van der Waals surface area contributed by atoms with Crippen molar-refractivity contribution in [2.24, 2.45) is 0 Å². The molecular formula is C17H29N5O2. The van der Waals surface area contributed by atoms with Crippen LogP contribution in [-0.4, -0.2) is 77.6 Å². The van der Waals surface area contributed by atoms with Gasteiger partial charge >= 0.3 is 6.03 Å². The molecule has 1 aliphatic heterocycles. The molecule has 2 aliphatic rings. The van der Waals surface area contributed by atoms with Crippen molar-refractivity contribution >= 4 is 6.03 Å². The summed E-state index contributed by atoms with van der Waals surface area (Å²) in [7, 11) is 2.16. The Labute approximate surface area is 143 Å². The summed E-state index contributed by atoms with van der Waals surface area (Å²) in [4.78, 5) is 16.6. The van der Waals surface area contributed by atoms with Crippen molar-refractivity contribution in [3.05, 3.63) is 18.5 Å². The van der Waals surface area contributed by atoms with E-state index in [9.17, 15) is 4.79 Å². The molecule has 1 N–H and O–H groups in total. The van der Waals surface area contributed by atoms with Crippen LogP contribution in [0.25, 0.3) is 0 Å². The van der Waals surface area contributed by atoms with E-state index in [0.717, 1.165) is 6.54 Å². The lowest BCUT2D eigenvalue weighted by molar-refractivity contribution is -0.0237. The lowest BCUT2D eigenvalue weighted by atomic mass is 10.2. The highest BCUT2D eigenvalue weighted by Gasteiger charge is 2.25. The first-order valence-electron chi connectivity index (χ1n) is 9.04. The van der Waals surface area contributed by atoms with Crippen molar-refractivity contribution in [3.8, 4) is 0 Å². The first kappa shape index (κ1) is 17.2. The number of hydrogen-bond donors (Lipinski definition) is 1. The normalized spacial score (nSPS) is 22.2. The van der Waals surface area contributed by atoms with Gasteiger partial charge in [-0.15, -0.1) is 0 Å². The van der Waals surface area contributed by atoms with Gasteiger partial charge in [0, 0.05) is 38.1 Å². The number of morpholine rings is 1. The zero-order valence-electron chi connectivity index (χ0n) is 14.6. The Kier molecular flexibility index (Phi) is 6.09. The van der Waals surface area contributed by atoms with Crippen LogP contribution in [0.1, 0.15) is 25.7 Å². The Hall–Kier alpha value is -1.60. The van der Waals surface area contributed by atoms with E-state index in [0.29, 0.717) is 38.8 Å². The summed E-state index contributed by atoms with van der Waals surface area (Å²) in [5.41, 5.74) is 0. The lowest BCUT2D eigenvalue weighted by Gasteiger charge is -2.33. The molecular weight excluding hydrogens is 306 g/mol. The number of carbonyl (C=O) groups is 1. The van der Waals surface area contributed by atoms with Crippen molar-refractivity contribution in [1.29, 1.82) is 0 Å². The van der Waals surface area contributed by atoms with Gasteiger partial charge in [-0.3, -0.25) is 4.68 Å². The number of nitrogens with one attached hydrogen (secondary N) is 1. The van der Waals surface area contributed by atoms with Crippen LogP contribution in [0.15, 0.2) is 18.5 Å². The van der Waals surface area contributed by atoms with Crippen LogP contribution in [-0.2, 0) is 11.3 Å². The van der Waals surface area contributed by atoms with Gasteiger partial charge in [0.15, 0.2) is 0 Å². The molecule has 2 heterocycles. The summed E-state index contributed by atoms with van der Waals surface area (Å²) < 4.78 is 7.60. The predicted molar refractivity (Wildman–Crippen MR) is 91.8 cm³/mol. The number of hydrogen-bond acceptors (Lipinski definition) is 4. The second kappa shape index (κ2) is 8.48. The molecule has 3 rings (SSSR count). The van der Waals surface area contributed by atoms with Crippen LogP contribution in [0.3, 0.4) is 0 Å². The number of aromatic nitrogens is 2. The zero-order chi connectivity index (χ0) is 16.8. The Morgan fingerprint density at radius 1 is 1.42 bits per heavy atom. The molecule has 0 spiro atoms. The lowest BCUT2D eigenvalue weighted by Crippen LogP contribution is -2.51. The molecule has 1 atom stereocenters. The summed E-state index contributed by atoms with van der Waals surface area (Å²) in [6.45, 7) is 4.15.